The molecule has 25 heavy (non-hydrogen) atoms. The number of hydrogen-bond acceptors (Lipinski definition) is 4. The van der Waals surface area contributed by atoms with E-state index in [2.05, 4.69) is 32.7 Å². The number of anilines is 1. The van der Waals surface area contributed by atoms with E-state index < -0.39 is 0 Å². The van der Waals surface area contributed by atoms with Crippen LogP contribution in [0.15, 0.2) is 42.7 Å². The molecule has 3 rings (SSSR count). The summed E-state index contributed by atoms with van der Waals surface area (Å²) >= 11 is 0. The fourth-order valence-electron chi connectivity index (χ4n) is 3.19. The molecule has 0 atom stereocenters. The van der Waals surface area contributed by atoms with Crippen molar-refractivity contribution >= 4 is 11.9 Å². The largest absolute Gasteiger partial charge is 0.352 e. The van der Waals surface area contributed by atoms with Gasteiger partial charge < -0.3 is 10.6 Å². The minimum Gasteiger partial charge on any atom is -0.352 e. The molecule has 0 bridgehead atoms. The van der Waals surface area contributed by atoms with Crippen LogP contribution in [0.2, 0.25) is 0 Å². The first kappa shape index (κ1) is 17.4. The minimum absolute atomic E-state index is 0.128. The van der Waals surface area contributed by atoms with E-state index >= 15 is 0 Å². The second-order valence-electron chi connectivity index (χ2n) is 6.62. The maximum atomic E-state index is 12.2. The van der Waals surface area contributed by atoms with Gasteiger partial charge in [0.1, 0.15) is 0 Å². The molecule has 2 N–H and O–H groups in total. The minimum atomic E-state index is -0.128. The smallest absolute Gasteiger partial charge is 0.254 e. The first-order valence-corrected chi connectivity index (χ1v) is 9.22. The number of carbonyl (C=O) groups is 1. The first-order valence-electron chi connectivity index (χ1n) is 9.22. The Morgan fingerprint density at radius 3 is 2.36 bits per heavy atom. The number of nitrogens with one attached hydrogen (secondary N) is 2. The van der Waals surface area contributed by atoms with Crippen LogP contribution in [0.25, 0.3) is 0 Å². The molecule has 5 heteroatoms. The fourth-order valence-corrected chi connectivity index (χ4v) is 3.19. The van der Waals surface area contributed by atoms with Gasteiger partial charge in [-0.3, -0.25) is 4.79 Å². The lowest BCUT2D eigenvalue weighted by molar-refractivity contribution is 0.0953. The molecule has 0 unspecified atom stereocenters. The van der Waals surface area contributed by atoms with Gasteiger partial charge in [0.25, 0.3) is 5.91 Å². The van der Waals surface area contributed by atoms with Gasteiger partial charge in [0.15, 0.2) is 0 Å². The standard InChI is InChI=1S/C20H26N4O/c25-19(21-13-12-16-8-4-3-5-9-16)17-14-22-20(23-15-17)24-18-10-6-1-2-7-11-18/h3-5,8-9,14-15,18H,1-2,6-7,10-13H2,(H,21,25)(H,22,23,24). The van der Waals surface area contributed by atoms with Gasteiger partial charge in [-0.2, -0.15) is 0 Å². The number of amides is 1. The van der Waals surface area contributed by atoms with Crippen LogP contribution in [0, 0.1) is 0 Å². The highest BCUT2D eigenvalue weighted by Gasteiger charge is 2.13. The number of benzene rings is 1. The van der Waals surface area contributed by atoms with Crippen LogP contribution in [0.1, 0.15) is 54.4 Å². The third kappa shape index (κ3) is 5.55. The van der Waals surface area contributed by atoms with E-state index in [1.807, 2.05) is 18.2 Å². The third-order valence-corrected chi connectivity index (χ3v) is 4.64. The first-order chi connectivity index (χ1) is 12.3. The second-order valence-corrected chi connectivity index (χ2v) is 6.62. The van der Waals surface area contributed by atoms with Crippen molar-refractivity contribution in [3.8, 4) is 0 Å². The molecule has 1 fully saturated rings. The van der Waals surface area contributed by atoms with Crippen LogP contribution in [-0.4, -0.2) is 28.5 Å². The number of hydrogen-bond donors (Lipinski definition) is 2. The maximum absolute atomic E-state index is 12.2. The summed E-state index contributed by atoms with van der Waals surface area (Å²) in [5, 5.41) is 6.31. The lowest BCUT2D eigenvalue weighted by Crippen LogP contribution is -2.26. The van der Waals surface area contributed by atoms with Crippen LogP contribution in [0.3, 0.4) is 0 Å². The van der Waals surface area contributed by atoms with E-state index in [1.54, 1.807) is 12.4 Å². The summed E-state index contributed by atoms with van der Waals surface area (Å²) in [4.78, 5) is 20.8. The predicted octanol–water partition coefficient (Wildman–Crippen LogP) is 3.58. The van der Waals surface area contributed by atoms with Crippen molar-refractivity contribution < 1.29 is 4.79 Å². The van der Waals surface area contributed by atoms with Crippen molar-refractivity contribution in [1.29, 1.82) is 0 Å². The highest BCUT2D eigenvalue weighted by atomic mass is 16.1. The van der Waals surface area contributed by atoms with Crippen molar-refractivity contribution in [3.63, 3.8) is 0 Å². The summed E-state index contributed by atoms with van der Waals surface area (Å²) in [6.07, 6.45) is 11.5. The van der Waals surface area contributed by atoms with Crippen LogP contribution >= 0.6 is 0 Å². The average Bonchev–Trinajstić information content (AvgIpc) is 2.92. The molecule has 0 aliphatic heterocycles. The van der Waals surface area contributed by atoms with E-state index in [9.17, 15) is 4.79 Å². The molecule has 5 nitrogen and oxygen atoms in total. The van der Waals surface area contributed by atoms with E-state index in [-0.39, 0.29) is 5.91 Å². The van der Waals surface area contributed by atoms with Gasteiger partial charge in [-0.15, -0.1) is 0 Å². The van der Waals surface area contributed by atoms with Gasteiger partial charge >= 0.3 is 0 Å². The highest BCUT2D eigenvalue weighted by molar-refractivity contribution is 5.93. The molecule has 1 aliphatic rings. The molecular weight excluding hydrogens is 312 g/mol. The Balaban J connectivity index is 1.46. The highest BCUT2D eigenvalue weighted by Crippen LogP contribution is 2.19. The number of carbonyl (C=O) groups excluding carboxylic acids is 1. The van der Waals surface area contributed by atoms with Gasteiger partial charge in [-0.05, 0) is 24.8 Å². The Hall–Kier alpha value is -2.43. The zero-order valence-electron chi connectivity index (χ0n) is 14.6. The maximum Gasteiger partial charge on any atom is 0.254 e. The summed E-state index contributed by atoms with van der Waals surface area (Å²) in [6, 6.07) is 10.6. The Morgan fingerprint density at radius 2 is 1.68 bits per heavy atom. The lowest BCUT2D eigenvalue weighted by Gasteiger charge is -2.15. The summed E-state index contributed by atoms with van der Waals surface area (Å²) in [7, 11) is 0. The fraction of sp³-hybridized carbons (Fsp3) is 0.450. The molecule has 1 aromatic heterocycles. The molecule has 1 aromatic carbocycles. The van der Waals surface area contributed by atoms with Crippen LogP contribution < -0.4 is 10.6 Å². The van der Waals surface area contributed by atoms with Crippen LogP contribution in [0.5, 0.6) is 0 Å². The molecule has 1 amide bonds. The SMILES string of the molecule is O=C(NCCc1ccccc1)c1cnc(NC2CCCCCC2)nc1. The van der Waals surface area contributed by atoms with E-state index in [0.29, 0.717) is 24.1 Å². The zero-order chi connectivity index (χ0) is 17.3. The van der Waals surface area contributed by atoms with Crippen molar-refractivity contribution in [1.82, 2.24) is 15.3 Å². The molecule has 2 aromatic rings. The molecule has 0 spiro atoms. The molecule has 0 radical (unpaired) electrons. The van der Waals surface area contributed by atoms with Crippen LogP contribution in [0.4, 0.5) is 5.95 Å². The van der Waals surface area contributed by atoms with E-state index in [0.717, 1.165) is 6.42 Å². The topological polar surface area (TPSA) is 66.9 Å². The van der Waals surface area contributed by atoms with Crippen molar-refractivity contribution in [2.75, 3.05) is 11.9 Å². The molecular formula is C20H26N4O. The Bertz CT molecular complexity index is 649. The van der Waals surface area contributed by atoms with Gasteiger partial charge in [-0.1, -0.05) is 56.0 Å². The lowest BCUT2D eigenvalue weighted by atomic mass is 10.1. The van der Waals surface area contributed by atoms with Crippen LogP contribution in [-0.2, 0) is 6.42 Å². The van der Waals surface area contributed by atoms with Crippen molar-refractivity contribution in [2.45, 2.75) is 51.0 Å². The molecule has 1 aliphatic carbocycles. The monoisotopic (exact) mass is 338 g/mol. The number of aromatic nitrogens is 2. The second kappa shape index (κ2) is 9.16. The summed E-state index contributed by atoms with van der Waals surface area (Å²) < 4.78 is 0. The van der Waals surface area contributed by atoms with Gasteiger partial charge in [0.05, 0.1) is 5.56 Å². The van der Waals surface area contributed by atoms with Gasteiger partial charge in [0, 0.05) is 25.0 Å². The molecule has 1 saturated carbocycles. The quantitative estimate of drug-likeness (QED) is 0.790. The predicted molar refractivity (Wildman–Crippen MR) is 99.6 cm³/mol. The number of nitrogens with zero attached hydrogens (tertiary/aromatic N) is 2. The zero-order valence-corrected chi connectivity index (χ0v) is 14.6. The number of rotatable bonds is 6. The van der Waals surface area contributed by atoms with Gasteiger partial charge in [-0.25, -0.2) is 9.97 Å². The van der Waals surface area contributed by atoms with Gasteiger partial charge in [0.2, 0.25) is 5.95 Å². The Kier molecular flexibility index (Phi) is 6.37. The van der Waals surface area contributed by atoms with Crippen molar-refractivity contribution in [2.24, 2.45) is 0 Å². The average molecular weight is 338 g/mol. The summed E-state index contributed by atoms with van der Waals surface area (Å²) in [6.45, 7) is 0.602. The third-order valence-electron chi connectivity index (χ3n) is 4.64. The van der Waals surface area contributed by atoms with E-state index in [1.165, 1.54) is 44.1 Å². The Morgan fingerprint density at radius 1 is 1.00 bits per heavy atom. The molecule has 132 valence electrons. The van der Waals surface area contributed by atoms with Crippen molar-refractivity contribution in [3.05, 3.63) is 53.9 Å². The Labute approximate surface area is 149 Å². The van der Waals surface area contributed by atoms with E-state index in [4.69, 9.17) is 0 Å². The molecule has 0 saturated heterocycles. The summed E-state index contributed by atoms with van der Waals surface area (Å²) in [5.41, 5.74) is 1.71. The molecule has 1 heterocycles. The normalized spacial score (nSPS) is 15.4. The summed E-state index contributed by atoms with van der Waals surface area (Å²) in [5.74, 6) is 0.490.